The monoisotopic (exact) mass is 525 g/mol. The minimum Gasteiger partial charge on any atom is -0.466 e. The Morgan fingerprint density at radius 3 is 1.90 bits per heavy atom. The zero-order valence-electron chi connectivity index (χ0n) is 23.6. The lowest BCUT2D eigenvalue weighted by Gasteiger charge is -2.23. The number of carbonyl (C=O) groups excluding carboxylic acids is 2. The lowest BCUT2D eigenvalue weighted by atomic mass is 10.0. The average Bonchev–Trinajstić information content (AvgIpc) is 2.98. The minimum absolute atomic E-state index is 0.143. The molecule has 1 amide bonds. The van der Waals surface area contributed by atoms with E-state index >= 15 is 0 Å². The van der Waals surface area contributed by atoms with Crippen LogP contribution in [0.4, 0.5) is 0 Å². The third-order valence-corrected chi connectivity index (χ3v) is 7.00. The maximum absolute atomic E-state index is 13.4. The highest BCUT2D eigenvalue weighted by atomic mass is 16.5. The van der Waals surface area contributed by atoms with Gasteiger partial charge >= 0.3 is 5.97 Å². The van der Waals surface area contributed by atoms with Crippen molar-refractivity contribution < 1.29 is 14.3 Å². The molecule has 0 aliphatic carbocycles. The van der Waals surface area contributed by atoms with Gasteiger partial charge in [-0.15, -0.1) is 0 Å². The molecule has 0 aromatic heterocycles. The van der Waals surface area contributed by atoms with Crippen LogP contribution in [0.3, 0.4) is 0 Å². The van der Waals surface area contributed by atoms with Crippen molar-refractivity contribution >= 4 is 18.0 Å². The van der Waals surface area contributed by atoms with Gasteiger partial charge in [0.1, 0.15) is 0 Å². The molecule has 0 fully saturated rings. The predicted octanol–water partition coefficient (Wildman–Crippen LogP) is 7.94. The molecule has 39 heavy (non-hydrogen) atoms. The lowest BCUT2D eigenvalue weighted by molar-refractivity contribution is -0.135. The van der Waals surface area contributed by atoms with E-state index in [1.54, 1.807) is 6.08 Å². The summed E-state index contributed by atoms with van der Waals surface area (Å²) in [5.74, 6) is -0.239. The van der Waals surface area contributed by atoms with Gasteiger partial charge in [-0.05, 0) is 53.2 Å². The van der Waals surface area contributed by atoms with Crippen LogP contribution in [-0.4, -0.2) is 23.9 Å². The molecular formula is C35H43NO3. The number of esters is 1. The van der Waals surface area contributed by atoms with Crippen molar-refractivity contribution in [2.24, 2.45) is 0 Å². The largest absolute Gasteiger partial charge is 0.466 e. The zero-order chi connectivity index (χ0) is 27.7. The number of hydrogen-bond donors (Lipinski definition) is 0. The van der Waals surface area contributed by atoms with Gasteiger partial charge in [-0.3, -0.25) is 4.79 Å². The first kappa shape index (κ1) is 29.9. The second kappa shape index (κ2) is 17.0. The normalized spacial score (nSPS) is 11.0. The van der Waals surface area contributed by atoms with Crippen LogP contribution in [0.15, 0.2) is 84.9 Å². The number of rotatable bonds is 16. The van der Waals surface area contributed by atoms with Crippen LogP contribution in [0.1, 0.15) is 79.7 Å². The van der Waals surface area contributed by atoms with Gasteiger partial charge in [-0.1, -0.05) is 118 Å². The number of benzene rings is 3. The summed E-state index contributed by atoms with van der Waals surface area (Å²) in [4.78, 5) is 26.7. The fourth-order valence-corrected chi connectivity index (χ4v) is 4.61. The van der Waals surface area contributed by atoms with E-state index in [1.807, 2.05) is 47.4 Å². The number of nitrogens with zero attached hydrogens (tertiary/aromatic N) is 1. The summed E-state index contributed by atoms with van der Waals surface area (Å²) < 4.78 is 4.66. The molecule has 0 heterocycles. The molecule has 0 radical (unpaired) electrons. The molecule has 4 heteroatoms. The van der Waals surface area contributed by atoms with Gasteiger partial charge in [0.15, 0.2) is 0 Å². The maximum Gasteiger partial charge on any atom is 0.330 e. The van der Waals surface area contributed by atoms with Crippen molar-refractivity contribution in [1.29, 1.82) is 0 Å². The summed E-state index contributed by atoms with van der Waals surface area (Å²) in [5, 5.41) is 0. The highest BCUT2D eigenvalue weighted by Gasteiger charge is 2.15. The zero-order valence-corrected chi connectivity index (χ0v) is 23.6. The van der Waals surface area contributed by atoms with Crippen molar-refractivity contribution in [3.63, 3.8) is 0 Å². The van der Waals surface area contributed by atoms with Gasteiger partial charge in [0.05, 0.1) is 7.11 Å². The van der Waals surface area contributed by atoms with Crippen LogP contribution in [-0.2, 0) is 40.3 Å². The van der Waals surface area contributed by atoms with Crippen molar-refractivity contribution in [2.45, 2.75) is 77.8 Å². The van der Waals surface area contributed by atoms with Crippen molar-refractivity contribution in [2.75, 3.05) is 7.11 Å². The molecule has 0 saturated heterocycles. The summed E-state index contributed by atoms with van der Waals surface area (Å²) in [7, 11) is 1.36. The number of carbonyl (C=O) groups is 2. The Bertz CT molecular complexity index is 1150. The molecule has 0 aliphatic heterocycles. The molecule has 3 aromatic rings. The highest BCUT2D eigenvalue weighted by molar-refractivity contribution is 5.86. The van der Waals surface area contributed by atoms with Crippen LogP contribution in [0.5, 0.6) is 0 Å². The van der Waals surface area contributed by atoms with E-state index < -0.39 is 0 Å². The molecule has 0 saturated carbocycles. The quantitative estimate of drug-likeness (QED) is 0.108. The lowest BCUT2D eigenvalue weighted by Crippen LogP contribution is -2.30. The topological polar surface area (TPSA) is 46.6 Å². The Morgan fingerprint density at radius 2 is 1.26 bits per heavy atom. The summed E-state index contributed by atoms with van der Waals surface area (Å²) in [5.41, 5.74) is 5.65. The third-order valence-electron chi connectivity index (χ3n) is 7.00. The molecule has 3 rings (SSSR count). The van der Waals surface area contributed by atoms with E-state index in [0.29, 0.717) is 19.5 Å². The van der Waals surface area contributed by atoms with Gasteiger partial charge in [0.25, 0.3) is 0 Å². The molecule has 0 bridgehead atoms. The van der Waals surface area contributed by atoms with E-state index in [4.69, 9.17) is 0 Å². The Labute approximate surface area is 234 Å². The van der Waals surface area contributed by atoms with Crippen LogP contribution in [0, 0.1) is 0 Å². The Kier molecular flexibility index (Phi) is 13.1. The van der Waals surface area contributed by atoms with Gasteiger partial charge < -0.3 is 9.64 Å². The van der Waals surface area contributed by atoms with Crippen LogP contribution in [0.2, 0.25) is 0 Å². The highest BCUT2D eigenvalue weighted by Crippen LogP contribution is 2.17. The predicted molar refractivity (Wildman–Crippen MR) is 160 cm³/mol. The first-order valence-corrected chi connectivity index (χ1v) is 14.3. The van der Waals surface area contributed by atoms with Gasteiger partial charge in [-0.2, -0.15) is 0 Å². The molecule has 3 aromatic carbocycles. The van der Waals surface area contributed by atoms with Crippen molar-refractivity contribution in [3.05, 3.63) is 113 Å². The fraction of sp³-hybridized carbons (Fsp3) is 0.371. The number of methoxy groups -OCH3 is 1. The van der Waals surface area contributed by atoms with E-state index in [2.05, 4.69) is 48.1 Å². The summed E-state index contributed by atoms with van der Waals surface area (Å²) in [6.45, 7) is 3.37. The van der Waals surface area contributed by atoms with Crippen LogP contribution in [0.25, 0.3) is 6.08 Å². The summed E-state index contributed by atoms with van der Waals surface area (Å²) >= 11 is 0. The van der Waals surface area contributed by atoms with Crippen LogP contribution < -0.4 is 0 Å². The van der Waals surface area contributed by atoms with Gasteiger partial charge in [-0.25, -0.2) is 4.79 Å². The standard InChI is InChI=1S/C35H43NO3/c1-3-4-5-6-7-9-14-30-15-19-32(20-16-30)27-36(34(37)25-23-29-12-10-8-11-13-29)28-33-21-17-31(18-22-33)24-26-35(38)39-2/h8,10-13,15-22,24,26H,3-7,9,14,23,25,27-28H2,1-2H3/b26-24+. The molecule has 0 N–H and O–H groups in total. The SMILES string of the molecule is CCCCCCCCc1ccc(CN(Cc2ccc(/C=C/C(=O)OC)cc2)C(=O)CCc2ccccc2)cc1. The summed E-state index contributed by atoms with van der Waals surface area (Å²) in [6, 6.07) is 26.9. The molecule has 0 unspecified atom stereocenters. The molecule has 206 valence electrons. The minimum atomic E-state index is -0.382. The molecule has 0 spiro atoms. The number of ether oxygens (including phenoxy) is 1. The number of hydrogen-bond acceptors (Lipinski definition) is 3. The van der Waals surface area contributed by atoms with Crippen molar-refractivity contribution in [3.8, 4) is 0 Å². The first-order valence-electron chi connectivity index (χ1n) is 14.3. The maximum atomic E-state index is 13.4. The second-order valence-electron chi connectivity index (χ2n) is 10.2. The van der Waals surface area contributed by atoms with E-state index in [0.717, 1.165) is 29.5 Å². The second-order valence-corrected chi connectivity index (χ2v) is 10.2. The molecule has 4 nitrogen and oxygen atoms in total. The van der Waals surface area contributed by atoms with Gasteiger partial charge in [0, 0.05) is 25.6 Å². The molecular weight excluding hydrogens is 482 g/mol. The first-order chi connectivity index (χ1) is 19.1. The third kappa shape index (κ3) is 11.3. The molecule has 0 aliphatic rings. The average molecular weight is 526 g/mol. The van der Waals surface area contributed by atoms with E-state index in [-0.39, 0.29) is 11.9 Å². The van der Waals surface area contributed by atoms with E-state index in [1.165, 1.54) is 62.8 Å². The van der Waals surface area contributed by atoms with Crippen LogP contribution >= 0.6 is 0 Å². The fourth-order valence-electron chi connectivity index (χ4n) is 4.61. The number of amides is 1. The van der Waals surface area contributed by atoms with Gasteiger partial charge in [0.2, 0.25) is 5.91 Å². The smallest absolute Gasteiger partial charge is 0.330 e. The van der Waals surface area contributed by atoms with Crippen molar-refractivity contribution in [1.82, 2.24) is 4.90 Å². The van der Waals surface area contributed by atoms with E-state index in [9.17, 15) is 9.59 Å². The number of aryl methyl sites for hydroxylation is 2. The Balaban J connectivity index is 1.63. The Hall–Kier alpha value is -3.66. The molecule has 0 atom stereocenters. The summed E-state index contributed by atoms with van der Waals surface area (Å²) in [6.07, 6.45) is 13.3. The Morgan fingerprint density at radius 1 is 0.692 bits per heavy atom. The number of unbranched alkanes of at least 4 members (excludes halogenated alkanes) is 5.